The first-order valence-electron chi connectivity index (χ1n) is 4.22. The fraction of sp³-hybridized carbons (Fsp3) is 0.364. The van der Waals surface area contributed by atoms with Gasteiger partial charge in [-0.1, -0.05) is 6.07 Å². The van der Waals surface area contributed by atoms with Gasteiger partial charge >= 0.3 is 0 Å². The Morgan fingerprint density at radius 3 is 2.08 bits per heavy atom. The van der Waals surface area contributed by atoms with Gasteiger partial charge in [-0.15, -0.1) is 0 Å². The van der Waals surface area contributed by atoms with Gasteiger partial charge in [0.25, 0.3) is 5.24 Å². The minimum atomic E-state index is -0.363. The van der Waals surface area contributed by atoms with Crippen LogP contribution in [0, 0.1) is 27.7 Å². The summed E-state index contributed by atoms with van der Waals surface area (Å²) in [5.74, 6) is 0. The molecule has 0 aliphatic heterocycles. The second kappa shape index (κ2) is 3.51. The molecule has 1 aromatic rings. The van der Waals surface area contributed by atoms with E-state index in [9.17, 15) is 4.79 Å². The zero-order chi connectivity index (χ0) is 10.2. The third kappa shape index (κ3) is 1.75. The molecule has 0 unspecified atom stereocenters. The molecule has 0 saturated heterocycles. The third-order valence-corrected chi connectivity index (χ3v) is 2.74. The standard InChI is InChI=1S/C11H13ClO/c1-6-5-7(2)10(11(12)13)9(4)8(6)3/h5H,1-4H3. The Morgan fingerprint density at radius 2 is 1.62 bits per heavy atom. The lowest BCUT2D eigenvalue weighted by Gasteiger charge is -2.11. The topological polar surface area (TPSA) is 17.1 Å². The fourth-order valence-electron chi connectivity index (χ4n) is 1.59. The molecule has 13 heavy (non-hydrogen) atoms. The van der Waals surface area contributed by atoms with E-state index < -0.39 is 0 Å². The van der Waals surface area contributed by atoms with Crippen LogP contribution in [0.2, 0.25) is 0 Å². The molecule has 0 spiro atoms. The molecule has 0 radical (unpaired) electrons. The Morgan fingerprint density at radius 1 is 1.08 bits per heavy atom. The van der Waals surface area contributed by atoms with E-state index in [2.05, 4.69) is 0 Å². The Labute approximate surface area is 83.7 Å². The second-order valence-corrected chi connectivity index (χ2v) is 3.75. The summed E-state index contributed by atoms with van der Waals surface area (Å²) in [7, 11) is 0. The minimum absolute atomic E-state index is 0.363. The molecule has 0 aromatic heterocycles. The second-order valence-electron chi connectivity index (χ2n) is 3.41. The zero-order valence-electron chi connectivity index (χ0n) is 8.36. The average molecular weight is 197 g/mol. The first-order chi connectivity index (χ1) is 5.95. The maximum atomic E-state index is 11.1. The van der Waals surface area contributed by atoms with Crippen LogP contribution in [0.3, 0.4) is 0 Å². The van der Waals surface area contributed by atoms with Crippen molar-refractivity contribution in [2.75, 3.05) is 0 Å². The summed E-state index contributed by atoms with van der Waals surface area (Å²) < 4.78 is 0. The molecule has 0 aliphatic carbocycles. The van der Waals surface area contributed by atoms with Crippen molar-refractivity contribution < 1.29 is 4.79 Å². The highest BCUT2D eigenvalue weighted by atomic mass is 35.5. The summed E-state index contributed by atoms with van der Waals surface area (Å²) in [4.78, 5) is 11.1. The Bertz CT molecular complexity index is 367. The van der Waals surface area contributed by atoms with E-state index in [-0.39, 0.29) is 5.24 Å². The van der Waals surface area contributed by atoms with Crippen molar-refractivity contribution in [2.24, 2.45) is 0 Å². The zero-order valence-corrected chi connectivity index (χ0v) is 9.12. The number of halogens is 1. The maximum Gasteiger partial charge on any atom is 0.252 e. The van der Waals surface area contributed by atoms with Crippen LogP contribution in [0.15, 0.2) is 6.07 Å². The summed E-state index contributed by atoms with van der Waals surface area (Å²) >= 11 is 5.50. The van der Waals surface area contributed by atoms with Crippen LogP contribution in [0.1, 0.15) is 32.6 Å². The molecule has 0 fully saturated rings. The molecule has 1 rings (SSSR count). The number of carbonyl (C=O) groups is 1. The molecule has 0 bridgehead atoms. The van der Waals surface area contributed by atoms with Gasteiger partial charge in [-0.2, -0.15) is 0 Å². The van der Waals surface area contributed by atoms with E-state index in [0.717, 1.165) is 16.7 Å². The minimum Gasteiger partial charge on any atom is -0.276 e. The smallest absolute Gasteiger partial charge is 0.252 e. The van der Waals surface area contributed by atoms with Crippen LogP contribution in [0.5, 0.6) is 0 Å². The predicted molar refractivity (Wildman–Crippen MR) is 55.6 cm³/mol. The lowest BCUT2D eigenvalue weighted by Crippen LogP contribution is -2.01. The van der Waals surface area contributed by atoms with Crippen LogP contribution in [-0.4, -0.2) is 5.24 Å². The first kappa shape index (κ1) is 10.3. The van der Waals surface area contributed by atoms with Gasteiger partial charge in [-0.25, -0.2) is 0 Å². The highest BCUT2D eigenvalue weighted by Gasteiger charge is 2.12. The van der Waals surface area contributed by atoms with Crippen molar-refractivity contribution in [3.8, 4) is 0 Å². The number of hydrogen-bond acceptors (Lipinski definition) is 1. The van der Waals surface area contributed by atoms with Gasteiger partial charge in [0, 0.05) is 5.56 Å². The first-order valence-corrected chi connectivity index (χ1v) is 4.60. The van der Waals surface area contributed by atoms with Crippen molar-refractivity contribution in [1.82, 2.24) is 0 Å². The van der Waals surface area contributed by atoms with E-state index in [1.807, 2.05) is 33.8 Å². The largest absolute Gasteiger partial charge is 0.276 e. The molecule has 2 heteroatoms. The van der Waals surface area contributed by atoms with Gasteiger partial charge in [0.1, 0.15) is 0 Å². The van der Waals surface area contributed by atoms with Crippen molar-refractivity contribution in [3.63, 3.8) is 0 Å². The van der Waals surface area contributed by atoms with Crippen LogP contribution in [0.25, 0.3) is 0 Å². The third-order valence-electron chi connectivity index (χ3n) is 2.55. The highest BCUT2D eigenvalue weighted by Crippen LogP contribution is 2.22. The Hall–Kier alpha value is -0.820. The number of carbonyl (C=O) groups excluding carboxylic acids is 1. The number of benzene rings is 1. The molecular formula is C11H13ClO. The number of aryl methyl sites for hydroxylation is 2. The van der Waals surface area contributed by atoms with Crippen molar-refractivity contribution in [3.05, 3.63) is 33.9 Å². The van der Waals surface area contributed by atoms with Crippen LogP contribution >= 0.6 is 11.6 Å². The Balaban J connectivity index is 3.53. The van der Waals surface area contributed by atoms with Gasteiger partial charge in [-0.05, 0) is 61.5 Å². The van der Waals surface area contributed by atoms with Crippen molar-refractivity contribution in [2.45, 2.75) is 27.7 Å². The molecule has 1 aromatic carbocycles. The number of rotatable bonds is 1. The van der Waals surface area contributed by atoms with E-state index in [4.69, 9.17) is 11.6 Å². The summed E-state index contributed by atoms with van der Waals surface area (Å²) in [6.07, 6.45) is 0. The van der Waals surface area contributed by atoms with Gasteiger partial charge in [0.05, 0.1) is 0 Å². The van der Waals surface area contributed by atoms with E-state index >= 15 is 0 Å². The molecular weight excluding hydrogens is 184 g/mol. The maximum absolute atomic E-state index is 11.1. The van der Waals surface area contributed by atoms with Gasteiger partial charge in [0.2, 0.25) is 0 Å². The van der Waals surface area contributed by atoms with E-state index in [1.54, 1.807) is 0 Å². The van der Waals surface area contributed by atoms with Crippen molar-refractivity contribution in [1.29, 1.82) is 0 Å². The van der Waals surface area contributed by atoms with Crippen LogP contribution < -0.4 is 0 Å². The monoisotopic (exact) mass is 196 g/mol. The number of hydrogen-bond donors (Lipinski definition) is 0. The lowest BCUT2D eigenvalue weighted by atomic mass is 9.95. The quantitative estimate of drug-likeness (QED) is 0.630. The normalized spacial score (nSPS) is 10.2. The molecule has 0 N–H and O–H groups in total. The predicted octanol–water partition coefficient (Wildman–Crippen LogP) is 3.30. The molecule has 0 amide bonds. The molecule has 0 saturated carbocycles. The van der Waals surface area contributed by atoms with Crippen molar-refractivity contribution >= 4 is 16.8 Å². The van der Waals surface area contributed by atoms with Gasteiger partial charge < -0.3 is 0 Å². The summed E-state index contributed by atoms with van der Waals surface area (Å²) in [5, 5.41) is -0.363. The molecule has 0 heterocycles. The Kier molecular flexibility index (Phi) is 2.77. The summed E-state index contributed by atoms with van der Waals surface area (Å²) in [6, 6.07) is 2.00. The van der Waals surface area contributed by atoms with E-state index in [0.29, 0.717) is 5.56 Å². The van der Waals surface area contributed by atoms with E-state index in [1.165, 1.54) is 5.56 Å². The molecule has 70 valence electrons. The SMILES string of the molecule is Cc1cc(C)c(C(=O)Cl)c(C)c1C. The molecule has 1 nitrogen and oxygen atoms in total. The fourth-order valence-corrected chi connectivity index (χ4v) is 1.88. The highest BCUT2D eigenvalue weighted by molar-refractivity contribution is 6.68. The summed E-state index contributed by atoms with van der Waals surface area (Å²) in [6.45, 7) is 7.89. The van der Waals surface area contributed by atoms with Crippen LogP contribution in [-0.2, 0) is 0 Å². The van der Waals surface area contributed by atoms with Crippen LogP contribution in [0.4, 0.5) is 0 Å². The summed E-state index contributed by atoms with van der Waals surface area (Å²) in [5.41, 5.74) is 4.97. The lowest BCUT2D eigenvalue weighted by molar-refractivity contribution is 0.108. The average Bonchev–Trinajstić information content (AvgIpc) is 1.99. The molecule has 0 atom stereocenters. The van der Waals surface area contributed by atoms with Gasteiger partial charge in [0.15, 0.2) is 0 Å². The molecule has 0 aliphatic rings. The van der Waals surface area contributed by atoms with Gasteiger partial charge in [-0.3, -0.25) is 4.79 Å².